The molecule has 0 unspecified atom stereocenters. The number of nitrogens with two attached hydrogens (primary N) is 1. The minimum Gasteiger partial charge on any atom is -0.397 e. The van der Waals surface area contributed by atoms with Crippen LogP contribution in [0.25, 0.3) is 10.9 Å². The van der Waals surface area contributed by atoms with Crippen molar-refractivity contribution in [2.75, 3.05) is 11.1 Å². The van der Waals surface area contributed by atoms with Crippen LogP contribution in [0.1, 0.15) is 4.88 Å². The molecular weight excluding hydrogens is 322 g/mol. The Labute approximate surface area is 123 Å². The number of rotatable bonds is 3. The summed E-state index contributed by atoms with van der Waals surface area (Å²) in [6.07, 6.45) is 1.78. The third-order valence-electron chi connectivity index (χ3n) is 2.96. The highest BCUT2D eigenvalue weighted by atomic mass is 79.9. The standard InChI is InChI=1S/C14H12BrN3S/c15-10-5-7-19-13(10)8-18-12-4-3-11-9(14(12)16)2-1-6-17-11/h1-7,18H,8,16H2. The van der Waals surface area contributed by atoms with Gasteiger partial charge in [-0.25, -0.2) is 0 Å². The molecule has 3 rings (SSSR count). The van der Waals surface area contributed by atoms with Gasteiger partial charge in [-0.1, -0.05) is 0 Å². The maximum absolute atomic E-state index is 6.19. The number of benzene rings is 1. The van der Waals surface area contributed by atoms with Gasteiger partial charge in [-0.15, -0.1) is 11.3 Å². The summed E-state index contributed by atoms with van der Waals surface area (Å²) < 4.78 is 1.13. The smallest absolute Gasteiger partial charge is 0.0724 e. The summed E-state index contributed by atoms with van der Waals surface area (Å²) >= 11 is 5.24. The van der Waals surface area contributed by atoms with Gasteiger partial charge in [0.25, 0.3) is 0 Å². The van der Waals surface area contributed by atoms with Crippen molar-refractivity contribution in [1.82, 2.24) is 4.98 Å². The lowest BCUT2D eigenvalue weighted by Gasteiger charge is -2.10. The molecule has 0 aliphatic carbocycles. The summed E-state index contributed by atoms with van der Waals surface area (Å²) in [6.45, 7) is 0.758. The molecular formula is C14H12BrN3S. The van der Waals surface area contributed by atoms with Crippen molar-refractivity contribution in [1.29, 1.82) is 0 Å². The van der Waals surface area contributed by atoms with Crippen LogP contribution < -0.4 is 11.1 Å². The average molecular weight is 334 g/mol. The summed E-state index contributed by atoms with van der Waals surface area (Å²) in [4.78, 5) is 5.55. The molecule has 0 atom stereocenters. The van der Waals surface area contributed by atoms with Gasteiger partial charge in [0, 0.05) is 20.9 Å². The molecule has 5 heteroatoms. The molecule has 0 amide bonds. The number of halogens is 1. The second kappa shape index (κ2) is 5.19. The van der Waals surface area contributed by atoms with Crippen LogP contribution in [0, 0.1) is 0 Å². The van der Waals surface area contributed by atoms with Crippen LogP contribution in [0.5, 0.6) is 0 Å². The number of hydrogen-bond acceptors (Lipinski definition) is 4. The number of anilines is 2. The molecule has 2 aromatic heterocycles. The van der Waals surface area contributed by atoms with Gasteiger partial charge in [-0.3, -0.25) is 4.98 Å². The Kier molecular flexibility index (Phi) is 3.40. The monoisotopic (exact) mass is 333 g/mol. The summed E-state index contributed by atoms with van der Waals surface area (Å²) in [7, 11) is 0. The Bertz CT molecular complexity index is 724. The Morgan fingerprint density at radius 1 is 1.26 bits per heavy atom. The minimum absolute atomic E-state index is 0.748. The second-order valence-electron chi connectivity index (χ2n) is 4.14. The van der Waals surface area contributed by atoms with Gasteiger partial charge < -0.3 is 11.1 Å². The van der Waals surface area contributed by atoms with E-state index in [1.54, 1.807) is 17.5 Å². The summed E-state index contributed by atoms with van der Waals surface area (Å²) in [6, 6.07) is 9.90. The summed E-state index contributed by atoms with van der Waals surface area (Å²) in [5, 5.41) is 6.42. The van der Waals surface area contributed by atoms with Crippen molar-refractivity contribution in [2.24, 2.45) is 0 Å². The van der Waals surface area contributed by atoms with Gasteiger partial charge in [0.2, 0.25) is 0 Å². The fraction of sp³-hybridized carbons (Fsp3) is 0.0714. The summed E-state index contributed by atoms with van der Waals surface area (Å²) in [5.74, 6) is 0. The van der Waals surface area contributed by atoms with E-state index in [1.807, 2.05) is 24.3 Å². The van der Waals surface area contributed by atoms with Crippen LogP contribution in [0.3, 0.4) is 0 Å². The maximum atomic E-state index is 6.19. The molecule has 0 aliphatic heterocycles. The zero-order valence-corrected chi connectivity index (χ0v) is 12.5. The van der Waals surface area contributed by atoms with E-state index in [1.165, 1.54) is 4.88 Å². The van der Waals surface area contributed by atoms with Crippen molar-refractivity contribution in [2.45, 2.75) is 6.54 Å². The molecule has 0 bridgehead atoms. The topological polar surface area (TPSA) is 50.9 Å². The van der Waals surface area contributed by atoms with Crippen LogP contribution in [-0.4, -0.2) is 4.98 Å². The molecule has 19 heavy (non-hydrogen) atoms. The fourth-order valence-electron chi connectivity index (χ4n) is 1.96. The fourth-order valence-corrected chi connectivity index (χ4v) is 3.39. The first kappa shape index (κ1) is 12.4. The number of fused-ring (bicyclic) bond motifs is 1. The molecule has 0 saturated heterocycles. The molecule has 0 fully saturated rings. The molecule has 1 aromatic carbocycles. The Morgan fingerprint density at radius 3 is 2.95 bits per heavy atom. The number of nitrogens with zero attached hydrogens (tertiary/aromatic N) is 1. The quantitative estimate of drug-likeness (QED) is 0.704. The summed E-state index contributed by atoms with van der Waals surface area (Å²) in [5.41, 5.74) is 8.80. The Morgan fingerprint density at radius 2 is 2.16 bits per heavy atom. The van der Waals surface area contributed by atoms with Crippen molar-refractivity contribution in [3.05, 3.63) is 51.3 Å². The van der Waals surface area contributed by atoms with E-state index in [4.69, 9.17) is 5.73 Å². The van der Waals surface area contributed by atoms with Crippen molar-refractivity contribution >= 4 is 49.5 Å². The predicted octanol–water partition coefficient (Wildman–Crippen LogP) is 4.25. The van der Waals surface area contributed by atoms with E-state index in [9.17, 15) is 0 Å². The lowest BCUT2D eigenvalue weighted by molar-refractivity contribution is 1.19. The van der Waals surface area contributed by atoms with Gasteiger partial charge in [0.1, 0.15) is 0 Å². The Balaban J connectivity index is 1.89. The van der Waals surface area contributed by atoms with Gasteiger partial charge >= 0.3 is 0 Å². The SMILES string of the molecule is Nc1c(NCc2sccc2Br)ccc2ncccc12. The molecule has 2 heterocycles. The van der Waals surface area contributed by atoms with Gasteiger partial charge in [0.15, 0.2) is 0 Å². The highest BCUT2D eigenvalue weighted by Crippen LogP contribution is 2.29. The lowest BCUT2D eigenvalue weighted by Crippen LogP contribution is -2.02. The van der Waals surface area contributed by atoms with Crippen LogP contribution in [-0.2, 0) is 6.54 Å². The zero-order valence-electron chi connectivity index (χ0n) is 10.1. The Hall–Kier alpha value is -1.59. The molecule has 3 aromatic rings. The third kappa shape index (κ3) is 2.43. The molecule has 96 valence electrons. The number of thiophene rings is 1. The van der Waals surface area contributed by atoms with Crippen LogP contribution in [0.2, 0.25) is 0 Å². The highest BCUT2D eigenvalue weighted by molar-refractivity contribution is 9.10. The van der Waals surface area contributed by atoms with Crippen LogP contribution in [0.15, 0.2) is 46.4 Å². The van der Waals surface area contributed by atoms with E-state index >= 15 is 0 Å². The van der Waals surface area contributed by atoms with Crippen LogP contribution in [0.4, 0.5) is 11.4 Å². The first-order valence-electron chi connectivity index (χ1n) is 5.84. The van der Waals surface area contributed by atoms with Gasteiger partial charge in [-0.05, 0) is 51.6 Å². The molecule has 3 nitrogen and oxygen atoms in total. The molecule has 0 aliphatic rings. The lowest BCUT2D eigenvalue weighted by atomic mass is 10.1. The van der Waals surface area contributed by atoms with Crippen molar-refractivity contribution in [3.63, 3.8) is 0 Å². The predicted molar refractivity (Wildman–Crippen MR) is 85.5 cm³/mol. The normalized spacial score (nSPS) is 10.8. The molecule has 0 radical (unpaired) electrons. The minimum atomic E-state index is 0.748. The third-order valence-corrected chi connectivity index (χ3v) is 4.88. The van der Waals surface area contributed by atoms with E-state index < -0.39 is 0 Å². The first-order chi connectivity index (χ1) is 9.25. The number of aromatic nitrogens is 1. The van der Waals surface area contributed by atoms with Crippen molar-refractivity contribution < 1.29 is 0 Å². The van der Waals surface area contributed by atoms with E-state index in [2.05, 4.69) is 37.7 Å². The molecule has 0 spiro atoms. The van der Waals surface area contributed by atoms with Gasteiger partial charge in [0.05, 0.1) is 23.4 Å². The van der Waals surface area contributed by atoms with E-state index in [0.29, 0.717) is 0 Å². The number of pyridine rings is 1. The van der Waals surface area contributed by atoms with Gasteiger partial charge in [-0.2, -0.15) is 0 Å². The molecule has 0 saturated carbocycles. The maximum Gasteiger partial charge on any atom is 0.0724 e. The van der Waals surface area contributed by atoms with Crippen LogP contribution >= 0.6 is 27.3 Å². The first-order valence-corrected chi connectivity index (χ1v) is 7.52. The van der Waals surface area contributed by atoms with E-state index in [-0.39, 0.29) is 0 Å². The highest BCUT2D eigenvalue weighted by Gasteiger charge is 2.06. The number of hydrogen-bond donors (Lipinski definition) is 2. The second-order valence-corrected chi connectivity index (χ2v) is 6.00. The zero-order chi connectivity index (χ0) is 13.2. The number of nitrogens with one attached hydrogen (secondary N) is 1. The van der Waals surface area contributed by atoms with Crippen molar-refractivity contribution in [3.8, 4) is 0 Å². The van der Waals surface area contributed by atoms with E-state index in [0.717, 1.165) is 33.3 Å². The number of nitrogen functional groups attached to an aromatic ring is 1. The average Bonchev–Trinajstić information content (AvgIpc) is 2.84. The molecule has 3 N–H and O–H groups in total. The largest absolute Gasteiger partial charge is 0.397 e.